The van der Waals surface area contributed by atoms with Gasteiger partial charge in [-0.2, -0.15) is 0 Å². The Bertz CT molecular complexity index is 489. The van der Waals surface area contributed by atoms with Crippen molar-refractivity contribution in [3.05, 3.63) is 16.4 Å². The van der Waals surface area contributed by atoms with E-state index in [2.05, 4.69) is 38.8 Å². The molecular weight excluding hydrogens is 300 g/mol. The summed E-state index contributed by atoms with van der Waals surface area (Å²) in [6.07, 6.45) is -1.15. The quantitative estimate of drug-likeness (QED) is 0.476. The van der Waals surface area contributed by atoms with E-state index in [1.807, 2.05) is 13.8 Å². The molecule has 0 aliphatic carbocycles. The Morgan fingerprint density at radius 3 is 2.32 bits per heavy atom. The molecule has 6 nitrogen and oxygen atoms in total. The zero-order valence-corrected chi connectivity index (χ0v) is 15.9. The normalized spacial score (nSPS) is 24.6. The molecule has 0 unspecified atom stereocenters. The van der Waals surface area contributed by atoms with Gasteiger partial charge in [0.1, 0.15) is 12.2 Å². The van der Waals surface area contributed by atoms with Crippen LogP contribution in [0.2, 0.25) is 18.1 Å². The van der Waals surface area contributed by atoms with Crippen LogP contribution in [-0.2, 0) is 13.9 Å². The molecule has 22 heavy (non-hydrogen) atoms. The van der Waals surface area contributed by atoms with Gasteiger partial charge < -0.3 is 19.0 Å². The zero-order chi connectivity index (χ0) is 17.3. The number of aliphatic hydroxyl groups is 1. The highest BCUT2D eigenvalue weighted by molar-refractivity contribution is 6.74. The zero-order valence-electron chi connectivity index (χ0n) is 14.9. The number of nitrogens with zero attached hydrogens (tertiary/aromatic N) is 2. The highest BCUT2D eigenvalue weighted by atomic mass is 28.4. The summed E-state index contributed by atoms with van der Waals surface area (Å²) in [6.45, 7) is 16.0. The van der Waals surface area contributed by atoms with Crippen molar-refractivity contribution in [3.63, 3.8) is 0 Å². The Labute approximate surface area is 134 Å². The number of hydrogen-bond donors (Lipinski definition) is 1. The smallest absolute Gasteiger partial charge is 0.398 e. The monoisotopic (exact) mass is 329 g/mol. The molecule has 2 atom stereocenters. The van der Waals surface area contributed by atoms with E-state index in [0.29, 0.717) is 6.61 Å². The van der Waals surface area contributed by atoms with Gasteiger partial charge in [0, 0.05) is 6.92 Å². The number of hydrogen-bond acceptors (Lipinski definition) is 5. The van der Waals surface area contributed by atoms with Gasteiger partial charge in [0.2, 0.25) is 11.2 Å². The van der Waals surface area contributed by atoms with Crippen LogP contribution in [0.25, 0.3) is 4.98 Å². The van der Waals surface area contributed by atoms with Crippen molar-refractivity contribution in [2.45, 2.75) is 77.7 Å². The second kappa shape index (κ2) is 6.28. The van der Waals surface area contributed by atoms with Crippen LogP contribution in [0.1, 0.15) is 41.5 Å². The van der Waals surface area contributed by atoms with E-state index in [4.69, 9.17) is 19.3 Å². The van der Waals surface area contributed by atoms with Crippen LogP contribution >= 0.6 is 0 Å². The molecule has 0 bridgehead atoms. The molecule has 1 heterocycles. The van der Waals surface area contributed by atoms with E-state index in [0.717, 1.165) is 0 Å². The van der Waals surface area contributed by atoms with Crippen LogP contribution in [0.5, 0.6) is 0 Å². The minimum Gasteiger partial charge on any atom is -0.503 e. The van der Waals surface area contributed by atoms with Gasteiger partial charge >= 0.3 is 5.70 Å². The lowest BCUT2D eigenvalue weighted by Gasteiger charge is -2.39. The van der Waals surface area contributed by atoms with E-state index in [1.54, 1.807) is 0 Å². The molecule has 0 aromatic carbocycles. The average molecular weight is 329 g/mol. The van der Waals surface area contributed by atoms with Crippen LogP contribution in [0.4, 0.5) is 0 Å². The molecule has 1 rings (SSSR count). The lowest BCUT2D eigenvalue weighted by Crippen LogP contribution is -2.48. The summed E-state index contributed by atoms with van der Waals surface area (Å²) < 4.78 is 17.7. The number of rotatable bonds is 4. The Balaban J connectivity index is 3.12. The number of aliphatic hydroxyl groups excluding tert-OH is 1. The maximum atomic E-state index is 10.4. The molecule has 1 N–H and O–H groups in total. The SMILES string of the molecule is C/C([N+]#N)=C(\O)[C@H](O[Si](C)(C)C(C)(C)C)[C@H]1COC(C)(C)O1. The summed E-state index contributed by atoms with van der Waals surface area (Å²) >= 11 is 0. The first-order valence-corrected chi connectivity index (χ1v) is 10.5. The van der Waals surface area contributed by atoms with Crippen molar-refractivity contribution in [3.8, 4) is 0 Å². The van der Waals surface area contributed by atoms with E-state index in [9.17, 15) is 5.11 Å². The first kappa shape index (κ1) is 19.1. The van der Waals surface area contributed by atoms with Gasteiger partial charge in [-0.25, -0.2) is 0 Å². The topological polar surface area (TPSA) is 76.1 Å². The molecule has 126 valence electrons. The average Bonchev–Trinajstić information content (AvgIpc) is 2.73. The Morgan fingerprint density at radius 1 is 1.41 bits per heavy atom. The standard InChI is InChI=1S/C15H28N2O4Si/c1-10(17-16)12(18)13(11-9-19-15(5,6)20-11)21-22(7,8)14(2,3)4/h11,13H,9H2,1-8H3/p+1/b12-10+/t11-,13-/m1/s1. The first-order chi connectivity index (χ1) is 9.81. The maximum Gasteiger partial charge on any atom is 0.398 e. The van der Waals surface area contributed by atoms with Gasteiger partial charge in [0.25, 0.3) is 0 Å². The van der Waals surface area contributed by atoms with Crippen molar-refractivity contribution in [1.82, 2.24) is 0 Å². The van der Waals surface area contributed by atoms with Crippen molar-refractivity contribution < 1.29 is 19.0 Å². The second-order valence-corrected chi connectivity index (χ2v) is 12.5. The molecule has 0 amide bonds. The number of ether oxygens (including phenoxy) is 2. The third-order valence-corrected chi connectivity index (χ3v) is 8.84. The molecule has 0 aromatic rings. The summed E-state index contributed by atoms with van der Waals surface area (Å²) in [5, 5.41) is 19.4. The Kier molecular flexibility index (Phi) is 5.45. The van der Waals surface area contributed by atoms with E-state index >= 15 is 0 Å². The summed E-state index contributed by atoms with van der Waals surface area (Å²) in [5.41, 5.74) is 0.122. The van der Waals surface area contributed by atoms with Crippen LogP contribution in [0.3, 0.4) is 0 Å². The summed E-state index contributed by atoms with van der Waals surface area (Å²) in [7, 11) is -2.16. The fraction of sp³-hybridized carbons (Fsp3) is 0.867. The molecule has 1 aliphatic rings. The highest BCUT2D eigenvalue weighted by Crippen LogP contribution is 2.40. The third-order valence-electron chi connectivity index (χ3n) is 4.39. The minimum absolute atomic E-state index is 0.0230. The maximum absolute atomic E-state index is 10.4. The van der Waals surface area contributed by atoms with Crippen LogP contribution in [0.15, 0.2) is 11.5 Å². The van der Waals surface area contributed by atoms with Crippen molar-refractivity contribution in [2.24, 2.45) is 0 Å². The largest absolute Gasteiger partial charge is 0.503 e. The summed E-state index contributed by atoms with van der Waals surface area (Å²) in [6, 6.07) is 0. The van der Waals surface area contributed by atoms with Gasteiger partial charge in [-0.3, -0.25) is 0 Å². The number of diazo groups is 1. The Morgan fingerprint density at radius 2 is 1.95 bits per heavy atom. The van der Waals surface area contributed by atoms with Crippen molar-refractivity contribution in [1.29, 1.82) is 5.39 Å². The fourth-order valence-electron chi connectivity index (χ4n) is 1.92. The van der Waals surface area contributed by atoms with Gasteiger partial charge in [-0.05, 0) is 32.0 Å². The number of allylic oxidation sites excluding steroid dienone is 1. The van der Waals surface area contributed by atoms with Gasteiger partial charge in [-0.1, -0.05) is 20.8 Å². The molecule has 1 saturated heterocycles. The summed E-state index contributed by atoms with van der Waals surface area (Å²) in [5.74, 6) is -0.830. The van der Waals surface area contributed by atoms with Crippen LogP contribution in [0, 0.1) is 5.39 Å². The minimum atomic E-state index is -2.16. The van der Waals surface area contributed by atoms with Crippen molar-refractivity contribution >= 4 is 8.32 Å². The molecule has 1 aliphatic heterocycles. The predicted molar refractivity (Wildman–Crippen MR) is 87.4 cm³/mol. The van der Waals surface area contributed by atoms with Gasteiger partial charge in [0.15, 0.2) is 19.1 Å². The summed E-state index contributed by atoms with van der Waals surface area (Å²) in [4.78, 5) is 3.08. The lowest BCUT2D eigenvalue weighted by atomic mass is 10.1. The fourth-order valence-corrected chi connectivity index (χ4v) is 3.18. The first-order valence-electron chi connectivity index (χ1n) is 7.55. The van der Waals surface area contributed by atoms with Crippen LogP contribution in [-0.4, -0.2) is 38.0 Å². The van der Waals surface area contributed by atoms with E-state index in [-0.39, 0.29) is 16.5 Å². The second-order valence-electron chi connectivity index (χ2n) is 7.74. The predicted octanol–water partition coefficient (Wildman–Crippen LogP) is 4.17. The van der Waals surface area contributed by atoms with E-state index < -0.39 is 26.3 Å². The molecule has 0 radical (unpaired) electrons. The molecule has 0 aromatic heterocycles. The molecule has 1 fully saturated rings. The molecule has 0 saturated carbocycles. The van der Waals surface area contributed by atoms with Gasteiger partial charge in [-0.15, -0.1) is 0 Å². The van der Waals surface area contributed by atoms with E-state index in [1.165, 1.54) is 6.92 Å². The molecule has 7 heteroatoms. The third kappa shape index (κ3) is 4.29. The molecule has 0 spiro atoms. The Hall–Kier alpha value is -0.943. The van der Waals surface area contributed by atoms with Gasteiger partial charge in [0.05, 0.1) is 6.61 Å². The highest BCUT2D eigenvalue weighted by Gasteiger charge is 2.47. The molecular formula is C15H29N2O4Si+. The van der Waals surface area contributed by atoms with Crippen molar-refractivity contribution in [2.75, 3.05) is 6.61 Å². The lowest BCUT2D eigenvalue weighted by molar-refractivity contribution is -0.148. The van der Waals surface area contributed by atoms with Crippen LogP contribution < -0.4 is 0 Å².